The number of benzene rings is 1. The van der Waals surface area contributed by atoms with Crippen LogP contribution >= 0.6 is 0 Å². The molecular formula is C10H8N6O. The highest BCUT2D eigenvalue weighted by molar-refractivity contribution is 5.66. The van der Waals surface area contributed by atoms with Crippen LogP contribution in [0.15, 0.2) is 41.5 Å². The minimum atomic E-state index is -0.207. The molecule has 0 aliphatic carbocycles. The second-order valence-electron chi connectivity index (χ2n) is 3.39. The largest absolute Gasteiger partial charge is 0.330 e. The summed E-state index contributed by atoms with van der Waals surface area (Å²) in [4.78, 5) is 14.2. The monoisotopic (exact) mass is 228 g/mol. The fraction of sp³-hybridized carbons (Fsp3) is 0. The van der Waals surface area contributed by atoms with E-state index in [1.165, 1.54) is 4.57 Å². The summed E-state index contributed by atoms with van der Waals surface area (Å²) in [7, 11) is 0. The number of nitrogens with zero attached hydrogens (tertiary/aromatic N) is 4. The number of aromatic amines is 2. The molecule has 17 heavy (non-hydrogen) atoms. The fourth-order valence-corrected chi connectivity index (χ4v) is 1.66. The van der Waals surface area contributed by atoms with E-state index in [4.69, 9.17) is 0 Å². The van der Waals surface area contributed by atoms with Crippen LogP contribution in [0.5, 0.6) is 0 Å². The van der Waals surface area contributed by atoms with Gasteiger partial charge in [-0.15, -0.1) is 10.2 Å². The SMILES string of the molecule is O=c1[nH]ccn1-c1ccccc1-c1nn[nH]n1. The standard InChI is InChI=1S/C10H8N6O/c17-10-11-5-6-16(10)8-4-2-1-3-7(8)9-12-14-15-13-9/h1-6H,(H,11,17)(H,12,13,14,15). The van der Waals surface area contributed by atoms with Crippen LogP contribution in [0.1, 0.15) is 0 Å². The van der Waals surface area contributed by atoms with Gasteiger partial charge in [0.1, 0.15) is 0 Å². The number of para-hydroxylation sites is 1. The molecule has 0 saturated carbocycles. The van der Waals surface area contributed by atoms with Crippen LogP contribution in [-0.4, -0.2) is 30.2 Å². The average molecular weight is 228 g/mol. The maximum absolute atomic E-state index is 11.6. The summed E-state index contributed by atoms with van der Waals surface area (Å²) < 4.78 is 1.49. The van der Waals surface area contributed by atoms with Crippen molar-refractivity contribution in [3.8, 4) is 17.1 Å². The maximum atomic E-state index is 11.6. The molecule has 2 heterocycles. The van der Waals surface area contributed by atoms with Gasteiger partial charge < -0.3 is 4.98 Å². The Balaban J connectivity index is 2.25. The zero-order valence-electron chi connectivity index (χ0n) is 8.66. The summed E-state index contributed by atoms with van der Waals surface area (Å²) >= 11 is 0. The van der Waals surface area contributed by atoms with E-state index in [2.05, 4.69) is 25.6 Å². The zero-order chi connectivity index (χ0) is 11.7. The highest BCUT2D eigenvalue weighted by atomic mass is 16.1. The Morgan fingerprint density at radius 3 is 2.82 bits per heavy atom. The summed E-state index contributed by atoms with van der Waals surface area (Å²) in [6.45, 7) is 0. The van der Waals surface area contributed by atoms with Crippen LogP contribution in [0.2, 0.25) is 0 Å². The van der Waals surface area contributed by atoms with E-state index >= 15 is 0 Å². The van der Waals surface area contributed by atoms with Gasteiger partial charge in [0.15, 0.2) is 0 Å². The van der Waals surface area contributed by atoms with Crippen molar-refractivity contribution in [2.24, 2.45) is 0 Å². The van der Waals surface area contributed by atoms with Crippen molar-refractivity contribution in [3.63, 3.8) is 0 Å². The zero-order valence-corrected chi connectivity index (χ0v) is 8.66. The normalized spacial score (nSPS) is 10.6. The fourth-order valence-electron chi connectivity index (χ4n) is 1.66. The Morgan fingerprint density at radius 1 is 1.24 bits per heavy atom. The molecule has 0 radical (unpaired) electrons. The van der Waals surface area contributed by atoms with Gasteiger partial charge in [0.25, 0.3) is 0 Å². The summed E-state index contributed by atoms with van der Waals surface area (Å²) in [5, 5.41) is 13.7. The summed E-state index contributed by atoms with van der Waals surface area (Å²) in [5.41, 5.74) is 1.24. The predicted molar refractivity (Wildman–Crippen MR) is 59.6 cm³/mol. The molecule has 0 amide bonds. The second kappa shape index (κ2) is 3.71. The first-order chi connectivity index (χ1) is 8.36. The molecular weight excluding hydrogens is 220 g/mol. The van der Waals surface area contributed by atoms with Gasteiger partial charge in [-0.2, -0.15) is 5.21 Å². The van der Waals surface area contributed by atoms with E-state index in [-0.39, 0.29) is 5.69 Å². The molecule has 0 bridgehead atoms. The van der Waals surface area contributed by atoms with Gasteiger partial charge >= 0.3 is 5.69 Å². The van der Waals surface area contributed by atoms with Gasteiger partial charge in [0, 0.05) is 18.0 Å². The van der Waals surface area contributed by atoms with Gasteiger partial charge in [-0.1, -0.05) is 12.1 Å². The second-order valence-corrected chi connectivity index (χ2v) is 3.39. The van der Waals surface area contributed by atoms with Gasteiger partial charge in [0.05, 0.1) is 5.69 Å². The number of nitrogens with one attached hydrogen (secondary N) is 2. The minimum Gasteiger partial charge on any atom is -0.312 e. The van der Waals surface area contributed by atoms with Crippen molar-refractivity contribution in [3.05, 3.63) is 47.1 Å². The molecule has 0 fully saturated rings. The summed E-state index contributed by atoms with van der Waals surface area (Å²) in [6, 6.07) is 7.35. The lowest BCUT2D eigenvalue weighted by Crippen LogP contribution is -2.14. The number of imidazole rings is 1. The molecule has 0 unspecified atom stereocenters. The summed E-state index contributed by atoms with van der Waals surface area (Å²) in [6.07, 6.45) is 3.23. The van der Waals surface area contributed by atoms with Crippen molar-refractivity contribution in [2.75, 3.05) is 0 Å². The smallest absolute Gasteiger partial charge is 0.312 e. The van der Waals surface area contributed by atoms with Crippen LogP contribution in [0.25, 0.3) is 17.1 Å². The number of H-pyrrole nitrogens is 2. The lowest BCUT2D eigenvalue weighted by atomic mass is 10.1. The van der Waals surface area contributed by atoms with Crippen molar-refractivity contribution in [1.82, 2.24) is 30.2 Å². The summed E-state index contributed by atoms with van der Waals surface area (Å²) in [5.74, 6) is 0.453. The molecule has 7 heteroatoms. The van der Waals surface area contributed by atoms with E-state index in [1.807, 2.05) is 24.3 Å². The average Bonchev–Trinajstić information content (AvgIpc) is 3.00. The van der Waals surface area contributed by atoms with Crippen molar-refractivity contribution in [1.29, 1.82) is 0 Å². The van der Waals surface area contributed by atoms with Gasteiger partial charge in [-0.3, -0.25) is 4.57 Å². The van der Waals surface area contributed by atoms with Crippen LogP contribution in [0.3, 0.4) is 0 Å². The Morgan fingerprint density at radius 2 is 2.12 bits per heavy atom. The topological polar surface area (TPSA) is 92.2 Å². The first kappa shape index (κ1) is 9.52. The number of aromatic nitrogens is 6. The van der Waals surface area contributed by atoms with E-state index in [0.29, 0.717) is 11.5 Å². The van der Waals surface area contributed by atoms with Crippen molar-refractivity contribution in [2.45, 2.75) is 0 Å². The molecule has 0 aliphatic heterocycles. The lowest BCUT2D eigenvalue weighted by molar-refractivity contribution is 0.881. The van der Waals surface area contributed by atoms with Crippen molar-refractivity contribution >= 4 is 0 Å². The van der Waals surface area contributed by atoms with Crippen molar-refractivity contribution < 1.29 is 0 Å². The minimum absolute atomic E-state index is 0.207. The molecule has 7 nitrogen and oxygen atoms in total. The molecule has 0 saturated heterocycles. The predicted octanol–water partition coefficient (Wildman–Crippen LogP) is 0.346. The third kappa shape index (κ3) is 1.53. The first-order valence-electron chi connectivity index (χ1n) is 4.95. The molecule has 3 rings (SSSR count). The Labute approximate surface area is 95.1 Å². The molecule has 1 aromatic carbocycles. The van der Waals surface area contributed by atoms with Gasteiger partial charge in [-0.05, 0) is 17.3 Å². The quantitative estimate of drug-likeness (QED) is 0.661. The van der Waals surface area contributed by atoms with E-state index in [9.17, 15) is 4.79 Å². The van der Waals surface area contributed by atoms with Crippen LogP contribution in [0, 0.1) is 0 Å². The highest BCUT2D eigenvalue weighted by Gasteiger charge is 2.11. The number of hydrogen-bond donors (Lipinski definition) is 2. The third-order valence-electron chi connectivity index (χ3n) is 2.40. The van der Waals surface area contributed by atoms with Crippen LogP contribution in [0.4, 0.5) is 0 Å². The molecule has 0 spiro atoms. The maximum Gasteiger partial charge on any atom is 0.330 e. The van der Waals surface area contributed by atoms with Gasteiger partial charge in [0.2, 0.25) is 5.82 Å². The molecule has 2 aromatic heterocycles. The van der Waals surface area contributed by atoms with E-state index in [1.54, 1.807) is 12.4 Å². The molecule has 2 N–H and O–H groups in total. The molecule has 0 aliphatic rings. The molecule has 84 valence electrons. The number of rotatable bonds is 2. The Hall–Kier alpha value is -2.70. The van der Waals surface area contributed by atoms with Crippen LogP contribution < -0.4 is 5.69 Å². The van der Waals surface area contributed by atoms with Gasteiger partial charge in [-0.25, -0.2) is 4.79 Å². The Bertz CT molecular complexity index is 681. The number of hydrogen-bond acceptors (Lipinski definition) is 4. The molecule has 3 aromatic rings. The first-order valence-corrected chi connectivity index (χ1v) is 4.95. The lowest BCUT2D eigenvalue weighted by Gasteiger charge is -2.05. The third-order valence-corrected chi connectivity index (χ3v) is 2.40. The number of tetrazole rings is 1. The van der Waals surface area contributed by atoms with E-state index in [0.717, 1.165) is 5.56 Å². The highest BCUT2D eigenvalue weighted by Crippen LogP contribution is 2.21. The Kier molecular flexibility index (Phi) is 2.08. The molecule has 0 atom stereocenters. The van der Waals surface area contributed by atoms with Crippen LogP contribution in [-0.2, 0) is 0 Å². The van der Waals surface area contributed by atoms with E-state index < -0.39 is 0 Å².